The molecular weight excluding hydrogens is 378 g/mol. The number of hydrogen-bond donors (Lipinski definition) is 3. The van der Waals surface area contributed by atoms with Gasteiger partial charge < -0.3 is 15.0 Å². The van der Waals surface area contributed by atoms with Crippen LogP contribution in [0, 0.1) is 0 Å². The Kier molecular flexibility index (Phi) is 5.65. The number of morpholine rings is 1. The number of H-pyrrole nitrogens is 1. The molecule has 2 aromatic heterocycles. The first kappa shape index (κ1) is 18.6. The zero-order valence-corrected chi connectivity index (χ0v) is 16.1. The van der Waals surface area contributed by atoms with E-state index in [-0.39, 0.29) is 11.8 Å². The Morgan fingerprint density at radius 2 is 2.25 bits per heavy atom. The van der Waals surface area contributed by atoms with Gasteiger partial charge in [-0.1, -0.05) is 6.07 Å². The second kappa shape index (κ2) is 8.51. The van der Waals surface area contributed by atoms with Crippen LogP contribution in [-0.4, -0.2) is 66.8 Å². The standard InChI is InChI=1S/C19H21N5O3S/c25-18(20-3-4-24-5-7-27-8-6-24)13-10-14(21-12-13)11-15-17(22-23-19(15)26)16-2-1-9-28-16/h1-2,9-12,21H,3-8H2,(H,20,25)(H,23,26)/b15-11-. The molecule has 0 unspecified atom stereocenters. The molecule has 2 aliphatic heterocycles. The lowest BCUT2D eigenvalue weighted by atomic mass is 10.1. The van der Waals surface area contributed by atoms with Gasteiger partial charge in [0.25, 0.3) is 11.8 Å². The van der Waals surface area contributed by atoms with Crippen molar-refractivity contribution in [3.05, 3.63) is 51.5 Å². The van der Waals surface area contributed by atoms with Gasteiger partial charge in [0.1, 0.15) is 5.71 Å². The van der Waals surface area contributed by atoms with Gasteiger partial charge in [-0.15, -0.1) is 11.3 Å². The fraction of sp³-hybridized carbons (Fsp3) is 0.316. The van der Waals surface area contributed by atoms with Gasteiger partial charge >= 0.3 is 0 Å². The number of carbonyl (C=O) groups excluding carboxylic acids is 2. The Hall–Kier alpha value is -2.75. The van der Waals surface area contributed by atoms with Gasteiger partial charge in [-0.25, -0.2) is 5.43 Å². The van der Waals surface area contributed by atoms with Crippen LogP contribution < -0.4 is 10.7 Å². The number of rotatable bonds is 6. The van der Waals surface area contributed by atoms with E-state index in [1.807, 2.05) is 17.5 Å². The van der Waals surface area contributed by atoms with E-state index in [2.05, 4.69) is 25.7 Å². The Balaban J connectivity index is 1.38. The first-order valence-electron chi connectivity index (χ1n) is 9.11. The van der Waals surface area contributed by atoms with E-state index in [0.717, 1.165) is 37.7 Å². The summed E-state index contributed by atoms with van der Waals surface area (Å²) in [6, 6.07) is 5.56. The van der Waals surface area contributed by atoms with Crippen LogP contribution in [0.4, 0.5) is 0 Å². The summed E-state index contributed by atoms with van der Waals surface area (Å²) in [6.07, 6.45) is 3.36. The molecule has 28 heavy (non-hydrogen) atoms. The molecule has 0 spiro atoms. The predicted molar refractivity (Wildman–Crippen MR) is 107 cm³/mol. The minimum absolute atomic E-state index is 0.141. The fourth-order valence-electron chi connectivity index (χ4n) is 3.11. The molecule has 2 aliphatic rings. The lowest BCUT2D eigenvalue weighted by Gasteiger charge is -2.26. The zero-order valence-electron chi connectivity index (χ0n) is 15.2. The maximum absolute atomic E-state index is 12.4. The average Bonchev–Trinajstić information content (AvgIpc) is 3.45. The summed E-state index contributed by atoms with van der Waals surface area (Å²) in [6.45, 7) is 4.67. The molecule has 3 N–H and O–H groups in total. The summed E-state index contributed by atoms with van der Waals surface area (Å²) < 4.78 is 5.32. The van der Waals surface area contributed by atoms with Crippen molar-refractivity contribution in [2.45, 2.75) is 0 Å². The van der Waals surface area contributed by atoms with Crippen molar-refractivity contribution in [1.29, 1.82) is 0 Å². The second-order valence-electron chi connectivity index (χ2n) is 6.49. The van der Waals surface area contributed by atoms with E-state index in [4.69, 9.17) is 4.74 Å². The Bertz CT molecular complexity index is 910. The van der Waals surface area contributed by atoms with Crippen LogP contribution in [0.25, 0.3) is 6.08 Å². The topological polar surface area (TPSA) is 98.8 Å². The summed E-state index contributed by atoms with van der Waals surface area (Å²) >= 11 is 1.52. The summed E-state index contributed by atoms with van der Waals surface area (Å²) in [7, 11) is 0. The molecule has 8 nitrogen and oxygen atoms in total. The largest absolute Gasteiger partial charge is 0.379 e. The van der Waals surface area contributed by atoms with Gasteiger partial charge in [0, 0.05) is 38.1 Å². The van der Waals surface area contributed by atoms with E-state index in [0.29, 0.717) is 29.1 Å². The molecule has 9 heteroatoms. The number of thiophene rings is 1. The Labute approximate surface area is 166 Å². The number of nitrogens with zero attached hydrogens (tertiary/aromatic N) is 2. The third-order valence-electron chi connectivity index (χ3n) is 4.61. The SMILES string of the molecule is O=C1NN=C(c2cccs2)/C1=C/c1cc(C(=O)NCCN2CCOCC2)c[nH]1. The van der Waals surface area contributed by atoms with Crippen LogP contribution in [0.5, 0.6) is 0 Å². The lowest BCUT2D eigenvalue weighted by molar-refractivity contribution is -0.116. The zero-order chi connectivity index (χ0) is 19.3. The van der Waals surface area contributed by atoms with E-state index in [9.17, 15) is 9.59 Å². The van der Waals surface area contributed by atoms with Crippen molar-refractivity contribution in [2.75, 3.05) is 39.4 Å². The van der Waals surface area contributed by atoms with Crippen molar-refractivity contribution < 1.29 is 14.3 Å². The smallest absolute Gasteiger partial charge is 0.273 e. The maximum Gasteiger partial charge on any atom is 0.273 e. The summed E-state index contributed by atoms with van der Waals surface area (Å²) in [5, 5.41) is 8.98. The molecular formula is C19H21N5O3S. The monoisotopic (exact) mass is 399 g/mol. The van der Waals surface area contributed by atoms with Gasteiger partial charge in [-0.2, -0.15) is 5.10 Å². The maximum atomic E-state index is 12.4. The molecule has 0 aliphatic carbocycles. The van der Waals surface area contributed by atoms with Crippen molar-refractivity contribution in [1.82, 2.24) is 20.6 Å². The number of aromatic nitrogens is 1. The third kappa shape index (κ3) is 4.22. The molecule has 1 saturated heterocycles. The molecule has 2 amide bonds. The first-order valence-corrected chi connectivity index (χ1v) is 9.99. The van der Waals surface area contributed by atoms with Gasteiger partial charge in [0.15, 0.2) is 0 Å². The quantitative estimate of drug-likeness (QED) is 0.633. The van der Waals surface area contributed by atoms with Crippen LogP contribution in [0.15, 0.2) is 40.5 Å². The lowest BCUT2D eigenvalue weighted by Crippen LogP contribution is -2.41. The van der Waals surface area contributed by atoms with Gasteiger partial charge in [-0.05, 0) is 23.6 Å². The van der Waals surface area contributed by atoms with E-state index >= 15 is 0 Å². The van der Waals surface area contributed by atoms with Crippen LogP contribution in [0.3, 0.4) is 0 Å². The highest BCUT2D eigenvalue weighted by molar-refractivity contribution is 7.12. The van der Waals surface area contributed by atoms with Crippen LogP contribution in [0.2, 0.25) is 0 Å². The molecule has 0 radical (unpaired) electrons. The molecule has 4 rings (SSSR count). The predicted octanol–water partition coefficient (Wildman–Crippen LogP) is 1.06. The van der Waals surface area contributed by atoms with Crippen molar-refractivity contribution >= 4 is 34.9 Å². The van der Waals surface area contributed by atoms with Crippen LogP contribution in [-0.2, 0) is 9.53 Å². The number of nitrogens with one attached hydrogen (secondary N) is 3. The summed E-state index contributed by atoms with van der Waals surface area (Å²) in [5.41, 5.74) is 4.79. The van der Waals surface area contributed by atoms with E-state index in [1.165, 1.54) is 11.3 Å². The molecule has 0 aromatic carbocycles. The van der Waals surface area contributed by atoms with Gasteiger partial charge in [0.2, 0.25) is 0 Å². The molecule has 2 aromatic rings. The Morgan fingerprint density at radius 3 is 3.04 bits per heavy atom. The molecule has 4 heterocycles. The van der Waals surface area contributed by atoms with Crippen molar-refractivity contribution in [2.24, 2.45) is 5.10 Å². The fourth-order valence-corrected chi connectivity index (χ4v) is 3.83. The molecule has 0 bridgehead atoms. The first-order chi connectivity index (χ1) is 13.7. The number of amides is 2. The third-order valence-corrected chi connectivity index (χ3v) is 5.48. The number of carbonyl (C=O) groups is 2. The van der Waals surface area contributed by atoms with Gasteiger partial charge in [-0.3, -0.25) is 14.5 Å². The van der Waals surface area contributed by atoms with Gasteiger partial charge in [0.05, 0.1) is 29.2 Å². The number of hydrazone groups is 1. The van der Waals surface area contributed by atoms with Crippen molar-refractivity contribution in [3.8, 4) is 0 Å². The molecule has 146 valence electrons. The highest BCUT2D eigenvalue weighted by atomic mass is 32.1. The normalized spacial score (nSPS) is 18.9. The molecule has 0 atom stereocenters. The highest BCUT2D eigenvalue weighted by Gasteiger charge is 2.25. The second-order valence-corrected chi connectivity index (χ2v) is 7.44. The molecule has 1 fully saturated rings. The minimum Gasteiger partial charge on any atom is -0.379 e. The minimum atomic E-state index is -0.255. The number of hydrogen-bond acceptors (Lipinski definition) is 6. The molecule has 0 saturated carbocycles. The van der Waals surface area contributed by atoms with E-state index < -0.39 is 0 Å². The average molecular weight is 399 g/mol. The Morgan fingerprint density at radius 1 is 1.39 bits per heavy atom. The van der Waals surface area contributed by atoms with Crippen molar-refractivity contribution in [3.63, 3.8) is 0 Å². The van der Waals surface area contributed by atoms with E-state index in [1.54, 1.807) is 18.3 Å². The number of ether oxygens (including phenoxy) is 1. The highest BCUT2D eigenvalue weighted by Crippen LogP contribution is 2.21. The summed E-state index contributed by atoms with van der Waals surface area (Å²) in [4.78, 5) is 30.7. The van der Waals surface area contributed by atoms with Crippen LogP contribution >= 0.6 is 11.3 Å². The number of aromatic amines is 1. The van der Waals surface area contributed by atoms with Crippen LogP contribution in [0.1, 0.15) is 20.9 Å². The summed E-state index contributed by atoms with van der Waals surface area (Å²) in [5.74, 6) is -0.397.